The molecule has 1 aromatic carbocycles. The van der Waals surface area contributed by atoms with Crippen LogP contribution in [0, 0.1) is 19.8 Å². The van der Waals surface area contributed by atoms with Gasteiger partial charge in [-0.15, -0.1) is 0 Å². The summed E-state index contributed by atoms with van der Waals surface area (Å²) in [6.07, 6.45) is 0. The number of benzene rings is 1. The fraction of sp³-hybridized carbons (Fsp3) is 0.429. The van der Waals surface area contributed by atoms with E-state index >= 15 is 0 Å². The molecule has 2 N–H and O–H groups in total. The Balaban J connectivity index is 2.65. The maximum Gasteiger partial charge on any atom is 0.243 e. The van der Waals surface area contributed by atoms with E-state index in [1.165, 1.54) is 0 Å². The van der Waals surface area contributed by atoms with E-state index in [4.69, 9.17) is 11.6 Å². The van der Waals surface area contributed by atoms with Crippen LogP contribution < -0.4 is 10.6 Å². The average Bonchev–Trinajstić information content (AvgIpc) is 2.30. The van der Waals surface area contributed by atoms with Gasteiger partial charge >= 0.3 is 0 Å². The summed E-state index contributed by atoms with van der Waals surface area (Å²) in [5.41, 5.74) is 2.53. The third kappa shape index (κ3) is 4.56. The maximum atomic E-state index is 11.7. The van der Waals surface area contributed by atoms with Crippen LogP contribution in [0.2, 0.25) is 5.02 Å². The average molecular weight is 283 g/mol. The first-order valence-corrected chi connectivity index (χ1v) is 6.53. The van der Waals surface area contributed by atoms with E-state index in [0.717, 1.165) is 11.1 Å². The normalized spacial score (nSPS) is 10.4. The number of carbonyl (C=O) groups is 2. The van der Waals surface area contributed by atoms with E-state index in [0.29, 0.717) is 10.7 Å². The fourth-order valence-electron chi connectivity index (χ4n) is 1.63. The van der Waals surface area contributed by atoms with Gasteiger partial charge in [0.15, 0.2) is 0 Å². The van der Waals surface area contributed by atoms with Crippen LogP contribution in [-0.2, 0) is 9.59 Å². The summed E-state index contributed by atoms with van der Waals surface area (Å²) in [4.78, 5) is 23.1. The van der Waals surface area contributed by atoms with E-state index in [-0.39, 0.29) is 24.3 Å². The largest absolute Gasteiger partial charge is 0.347 e. The van der Waals surface area contributed by atoms with Crippen LogP contribution in [0.25, 0.3) is 0 Å². The molecule has 0 aliphatic rings. The van der Waals surface area contributed by atoms with Gasteiger partial charge in [0.05, 0.1) is 17.3 Å². The SMILES string of the molecule is Cc1cc(C)c(NC(=O)CNC(=O)C(C)C)c(Cl)c1. The Bertz CT molecular complexity index is 475. The van der Waals surface area contributed by atoms with Crippen molar-refractivity contribution in [1.29, 1.82) is 0 Å². The fourth-order valence-corrected chi connectivity index (χ4v) is 2.00. The summed E-state index contributed by atoms with van der Waals surface area (Å²) in [7, 11) is 0. The molecule has 19 heavy (non-hydrogen) atoms. The molecule has 1 aromatic rings. The Morgan fingerprint density at radius 3 is 2.42 bits per heavy atom. The molecule has 0 aliphatic carbocycles. The Kier molecular flexibility index (Phi) is 5.36. The molecule has 0 spiro atoms. The van der Waals surface area contributed by atoms with E-state index < -0.39 is 0 Å². The van der Waals surface area contributed by atoms with E-state index in [1.807, 2.05) is 19.9 Å². The molecule has 0 radical (unpaired) electrons. The van der Waals surface area contributed by atoms with Crippen LogP contribution in [-0.4, -0.2) is 18.4 Å². The van der Waals surface area contributed by atoms with Crippen molar-refractivity contribution in [3.8, 4) is 0 Å². The van der Waals surface area contributed by atoms with Gasteiger partial charge in [0.2, 0.25) is 11.8 Å². The van der Waals surface area contributed by atoms with Gasteiger partial charge in [0.25, 0.3) is 0 Å². The molecule has 0 aromatic heterocycles. The standard InChI is InChI=1S/C14H19ClN2O2/c1-8(2)14(19)16-7-12(18)17-13-10(4)5-9(3)6-11(13)15/h5-6,8H,7H2,1-4H3,(H,16,19)(H,17,18). The zero-order valence-corrected chi connectivity index (χ0v) is 12.4. The highest BCUT2D eigenvalue weighted by molar-refractivity contribution is 6.34. The molecule has 0 unspecified atom stereocenters. The first kappa shape index (κ1) is 15.5. The predicted molar refractivity (Wildman–Crippen MR) is 77.4 cm³/mol. The van der Waals surface area contributed by atoms with Gasteiger partial charge in [-0.3, -0.25) is 9.59 Å². The number of nitrogens with one attached hydrogen (secondary N) is 2. The van der Waals surface area contributed by atoms with Crippen LogP contribution in [0.5, 0.6) is 0 Å². The number of aryl methyl sites for hydroxylation is 2. The smallest absolute Gasteiger partial charge is 0.243 e. The zero-order valence-electron chi connectivity index (χ0n) is 11.6. The number of halogens is 1. The second-order valence-corrected chi connectivity index (χ2v) is 5.27. The molecule has 0 heterocycles. The van der Waals surface area contributed by atoms with E-state index in [2.05, 4.69) is 10.6 Å². The summed E-state index contributed by atoms with van der Waals surface area (Å²) in [6, 6.07) is 3.73. The van der Waals surface area contributed by atoms with Crippen LogP contribution in [0.3, 0.4) is 0 Å². The highest BCUT2D eigenvalue weighted by Gasteiger charge is 2.12. The number of amides is 2. The molecule has 0 saturated carbocycles. The molecule has 0 saturated heterocycles. The van der Waals surface area contributed by atoms with Crippen LogP contribution in [0.15, 0.2) is 12.1 Å². The van der Waals surface area contributed by atoms with Crippen molar-refractivity contribution >= 4 is 29.1 Å². The lowest BCUT2D eigenvalue weighted by Crippen LogP contribution is -2.35. The number of hydrogen-bond acceptors (Lipinski definition) is 2. The second kappa shape index (κ2) is 6.57. The molecule has 1 rings (SSSR count). The van der Waals surface area contributed by atoms with Gasteiger partial charge in [0, 0.05) is 5.92 Å². The third-order valence-electron chi connectivity index (χ3n) is 2.64. The molecule has 4 nitrogen and oxygen atoms in total. The van der Waals surface area contributed by atoms with Crippen molar-refractivity contribution < 1.29 is 9.59 Å². The molecule has 0 atom stereocenters. The molecule has 2 amide bonds. The first-order chi connectivity index (χ1) is 8.81. The molecule has 104 valence electrons. The minimum absolute atomic E-state index is 0.0549. The molecule has 0 bridgehead atoms. The summed E-state index contributed by atoms with van der Waals surface area (Å²) in [5, 5.41) is 5.77. The molecular weight excluding hydrogens is 264 g/mol. The minimum atomic E-state index is -0.289. The predicted octanol–water partition coefficient (Wildman–Crippen LogP) is 2.67. The van der Waals surface area contributed by atoms with Gasteiger partial charge < -0.3 is 10.6 Å². The van der Waals surface area contributed by atoms with Crippen LogP contribution >= 0.6 is 11.6 Å². The van der Waals surface area contributed by atoms with Gasteiger partial charge in [0.1, 0.15) is 0 Å². The van der Waals surface area contributed by atoms with Gasteiger partial charge in [-0.1, -0.05) is 31.5 Å². The number of carbonyl (C=O) groups excluding carboxylic acids is 2. The Morgan fingerprint density at radius 1 is 1.26 bits per heavy atom. The van der Waals surface area contributed by atoms with Crippen molar-refractivity contribution in [2.75, 3.05) is 11.9 Å². The third-order valence-corrected chi connectivity index (χ3v) is 2.94. The van der Waals surface area contributed by atoms with Gasteiger partial charge in [-0.05, 0) is 31.0 Å². The summed E-state index contributed by atoms with van der Waals surface area (Å²) < 4.78 is 0. The number of hydrogen-bond donors (Lipinski definition) is 2. The zero-order chi connectivity index (χ0) is 14.6. The summed E-state index contributed by atoms with van der Waals surface area (Å²) in [5.74, 6) is -0.581. The Hall–Kier alpha value is -1.55. The molecular formula is C14H19ClN2O2. The highest BCUT2D eigenvalue weighted by atomic mass is 35.5. The molecule has 0 fully saturated rings. The lowest BCUT2D eigenvalue weighted by atomic mass is 10.1. The highest BCUT2D eigenvalue weighted by Crippen LogP contribution is 2.27. The quantitative estimate of drug-likeness (QED) is 0.892. The lowest BCUT2D eigenvalue weighted by Gasteiger charge is -2.12. The summed E-state index contributed by atoms with van der Waals surface area (Å²) >= 11 is 6.09. The number of anilines is 1. The number of rotatable bonds is 4. The summed E-state index contributed by atoms with van der Waals surface area (Å²) in [6.45, 7) is 7.30. The molecule has 5 heteroatoms. The van der Waals surface area contributed by atoms with Crippen LogP contribution in [0.4, 0.5) is 5.69 Å². The Morgan fingerprint density at radius 2 is 1.89 bits per heavy atom. The van der Waals surface area contributed by atoms with E-state index in [1.54, 1.807) is 19.9 Å². The lowest BCUT2D eigenvalue weighted by molar-refractivity contribution is -0.126. The first-order valence-electron chi connectivity index (χ1n) is 6.15. The van der Waals surface area contributed by atoms with E-state index in [9.17, 15) is 9.59 Å². The van der Waals surface area contributed by atoms with Gasteiger partial charge in [-0.2, -0.15) is 0 Å². The van der Waals surface area contributed by atoms with Crippen molar-refractivity contribution in [3.63, 3.8) is 0 Å². The minimum Gasteiger partial charge on any atom is -0.347 e. The van der Waals surface area contributed by atoms with Crippen molar-refractivity contribution in [1.82, 2.24) is 5.32 Å². The van der Waals surface area contributed by atoms with Crippen molar-refractivity contribution in [2.24, 2.45) is 5.92 Å². The van der Waals surface area contributed by atoms with Crippen LogP contribution in [0.1, 0.15) is 25.0 Å². The van der Waals surface area contributed by atoms with Crippen molar-refractivity contribution in [2.45, 2.75) is 27.7 Å². The maximum absolute atomic E-state index is 11.7. The van der Waals surface area contributed by atoms with Crippen molar-refractivity contribution in [3.05, 3.63) is 28.3 Å². The topological polar surface area (TPSA) is 58.2 Å². The molecule has 0 aliphatic heterocycles. The second-order valence-electron chi connectivity index (χ2n) is 4.86. The van der Waals surface area contributed by atoms with Gasteiger partial charge in [-0.25, -0.2) is 0 Å². The monoisotopic (exact) mass is 282 g/mol. The Labute approximate surface area is 118 Å².